The zero-order valence-corrected chi connectivity index (χ0v) is 27.0. The van der Waals surface area contributed by atoms with Crippen molar-refractivity contribution in [2.24, 2.45) is 0 Å². The van der Waals surface area contributed by atoms with E-state index >= 15 is 0 Å². The van der Waals surface area contributed by atoms with E-state index < -0.39 is 0 Å². The van der Waals surface area contributed by atoms with Crippen LogP contribution in [-0.4, -0.2) is 0 Å². The van der Waals surface area contributed by atoms with Crippen molar-refractivity contribution >= 4 is 76.2 Å². The van der Waals surface area contributed by atoms with Crippen LogP contribution in [0, 0.1) is 0 Å². The standard InChI is InChI=1S/C48H28O2/c1-2-15-30-29(13-1)14-11-22-32(30)44-33-17-3-5-19-35(33)45(36-20-6-4-18-34(36)44)41-28-27-37(46-40-21-8-10-26-43(40)50-48(41)46)39-24-12-23-38-31-16-7-9-25-42(31)49-47(38)39/h1-28H. The molecule has 9 aromatic carbocycles. The monoisotopic (exact) mass is 636 g/mol. The van der Waals surface area contributed by atoms with Crippen LogP contribution < -0.4 is 0 Å². The van der Waals surface area contributed by atoms with Gasteiger partial charge in [-0.1, -0.05) is 152 Å². The number of benzene rings is 9. The van der Waals surface area contributed by atoms with Gasteiger partial charge in [0.1, 0.15) is 22.3 Å². The topological polar surface area (TPSA) is 26.3 Å². The van der Waals surface area contributed by atoms with E-state index in [-0.39, 0.29) is 0 Å². The lowest BCUT2D eigenvalue weighted by molar-refractivity contribution is 0.669. The molecule has 0 aliphatic rings. The second-order valence-corrected chi connectivity index (χ2v) is 13.1. The molecule has 0 saturated heterocycles. The van der Waals surface area contributed by atoms with Gasteiger partial charge in [-0.2, -0.15) is 0 Å². The fourth-order valence-electron chi connectivity index (χ4n) is 8.36. The molecule has 11 aromatic rings. The Bertz CT molecular complexity index is 3090. The van der Waals surface area contributed by atoms with Crippen LogP contribution in [0.3, 0.4) is 0 Å². The summed E-state index contributed by atoms with van der Waals surface area (Å²) in [5.74, 6) is 0. The van der Waals surface area contributed by atoms with Crippen LogP contribution in [0.1, 0.15) is 0 Å². The van der Waals surface area contributed by atoms with Crippen molar-refractivity contribution in [3.63, 3.8) is 0 Å². The van der Waals surface area contributed by atoms with Gasteiger partial charge in [-0.3, -0.25) is 0 Å². The smallest absolute Gasteiger partial charge is 0.143 e. The molecule has 0 aliphatic heterocycles. The van der Waals surface area contributed by atoms with Gasteiger partial charge in [0.2, 0.25) is 0 Å². The molecule has 2 heterocycles. The summed E-state index contributed by atoms with van der Waals surface area (Å²) in [5, 5.41) is 11.7. The summed E-state index contributed by atoms with van der Waals surface area (Å²) in [7, 11) is 0. The zero-order chi connectivity index (χ0) is 32.8. The van der Waals surface area contributed by atoms with Crippen LogP contribution in [-0.2, 0) is 0 Å². The number of hydrogen-bond acceptors (Lipinski definition) is 2. The number of furan rings is 2. The lowest BCUT2D eigenvalue weighted by Crippen LogP contribution is -1.92. The lowest BCUT2D eigenvalue weighted by Gasteiger charge is -2.19. The molecule has 0 aliphatic carbocycles. The molecule has 2 heteroatoms. The molecule has 0 atom stereocenters. The summed E-state index contributed by atoms with van der Waals surface area (Å²) in [4.78, 5) is 0. The molecule has 50 heavy (non-hydrogen) atoms. The van der Waals surface area contributed by atoms with Crippen molar-refractivity contribution in [3.8, 4) is 33.4 Å². The average Bonchev–Trinajstić information content (AvgIpc) is 3.76. The van der Waals surface area contributed by atoms with Crippen molar-refractivity contribution in [1.29, 1.82) is 0 Å². The Kier molecular flexibility index (Phi) is 5.70. The molecule has 2 aromatic heterocycles. The van der Waals surface area contributed by atoms with Gasteiger partial charge >= 0.3 is 0 Å². The number of fused-ring (bicyclic) bond motifs is 9. The first-order chi connectivity index (χ1) is 24.8. The third-order valence-electron chi connectivity index (χ3n) is 10.5. The van der Waals surface area contributed by atoms with Crippen LogP contribution in [0.15, 0.2) is 179 Å². The zero-order valence-electron chi connectivity index (χ0n) is 27.0. The van der Waals surface area contributed by atoms with Crippen LogP contribution in [0.25, 0.3) is 110 Å². The first-order valence-electron chi connectivity index (χ1n) is 17.1. The van der Waals surface area contributed by atoms with Crippen LogP contribution in [0.5, 0.6) is 0 Å². The second kappa shape index (κ2) is 10.4. The fourth-order valence-corrected chi connectivity index (χ4v) is 8.36. The van der Waals surface area contributed by atoms with Crippen molar-refractivity contribution < 1.29 is 8.83 Å². The molecule has 0 unspecified atom stereocenters. The molecule has 0 fully saturated rings. The largest absolute Gasteiger partial charge is 0.455 e. The number of rotatable bonds is 3. The van der Waals surface area contributed by atoms with E-state index in [4.69, 9.17) is 8.83 Å². The molecule has 0 N–H and O–H groups in total. The molecule has 232 valence electrons. The van der Waals surface area contributed by atoms with Gasteiger partial charge in [0.25, 0.3) is 0 Å². The molecule has 0 spiro atoms. The predicted molar refractivity (Wildman–Crippen MR) is 210 cm³/mol. The van der Waals surface area contributed by atoms with Gasteiger partial charge in [0.15, 0.2) is 0 Å². The van der Waals surface area contributed by atoms with E-state index in [1.165, 1.54) is 49.0 Å². The van der Waals surface area contributed by atoms with Gasteiger partial charge in [0.05, 0.1) is 0 Å². The Labute approximate surface area is 287 Å². The predicted octanol–water partition coefficient (Wildman–Crippen LogP) is 13.9. The van der Waals surface area contributed by atoms with Crippen molar-refractivity contribution in [1.82, 2.24) is 0 Å². The molecular weight excluding hydrogens is 609 g/mol. The quantitative estimate of drug-likeness (QED) is 0.180. The molecule has 0 bridgehead atoms. The van der Waals surface area contributed by atoms with Crippen molar-refractivity contribution in [2.75, 3.05) is 0 Å². The maximum Gasteiger partial charge on any atom is 0.143 e. The van der Waals surface area contributed by atoms with Gasteiger partial charge in [0, 0.05) is 38.2 Å². The van der Waals surface area contributed by atoms with E-state index in [0.717, 1.165) is 60.6 Å². The van der Waals surface area contributed by atoms with Gasteiger partial charge in [-0.05, 0) is 67.2 Å². The normalized spacial score (nSPS) is 12.0. The van der Waals surface area contributed by atoms with Gasteiger partial charge in [-0.25, -0.2) is 0 Å². The van der Waals surface area contributed by atoms with Crippen molar-refractivity contribution in [3.05, 3.63) is 170 Å². The minimum absolute atomic E-state index is 0.869. The summed E-state index contributed by atoms with van der Waals surface area (Å²) in [6.45, 7) is 0. The molecule has 0 saturated carbocycles. The average molecular weight is 637 g/mol. The number of para-hydroxylation sites is 3. The maximum absolute atomic E-state index is 6.91. The van der Waals surface area contributed by atoms with E-state index in [1.807, 2.05) is 18.2 Å². The fraction of sp³-hybridized carbons (Fsp3) is 0. The van der Waals surface area contributed by atoms with Crippen molar-refractivity contribution in [2.45, 2.75) is 0 Å². The minimum atomic E-state index is 0.869. The first kappa shape index (κ1) is 27.3. The molecule has 0 radical (unpaired) electrons. The van der Waals surface area contributed by atoms with E-state index in [9.17, 15) is 0 Å². The minimum Gasteiger partial charge on any atom is -0.455 e. The highest BCUT2D eigenvalue weighted by atomic mass is 16.3. The SMILES string of the molecule is c1ccc2c(-c3c4ccccc4c(-c4ccc(-c5cccc6c5oc5ccccc56)c5c4oc4ccccc45)c4ccccc34)cccc2c1. The highest BCUT2D eigenvalue weighted by molar-refractivity contribution is 6.27. The van der Waals surface area contributed by atoms with Crippen LogP contribution >= 0.6 is 0 Å². The molecular formula is C48H28O2. The Balaban J connectivity index is 1.27. The Morgan fingerprint density at radius 1 is 0.260 bits per heavy atom. The third kappa shape index (κ3) is 3.79. The van der Waals surface area contributed by atoms with Gasteiger partial charge < -0.3 is 8.83 Å². The van der Waals surface area contributed by atoms with Gasteiger partial charge in [-0.15, -0.1) is 0 Å². The first-order valence-corrected chi connectivity index (χ1v) is 17.1. The summed E-state index contributed by atoms with van der Waals surface area (Å²) in [5.41, 5.74) is 10.4. The van der Waals surface area contributed by atoms with E-state index in [2.05, 4.69) is 152 Å². The number of hydrogen-bond donors (Lipinski definition) is 0. The van der Waals surface area contributed by atoms with Crippen LogP contribution in [0.4, 0.5) is 0 Å². The highest BCUT2D eigenvalue weighted by Crippen LogP contribution is 2.50. The molecule has 2 nitrogen and oxygen atoms in total. The molecule has 11 rings (SSSR count). The Morgan fingerprint density at radius 3 is 1.44 bits per heavy atom. The lowest BCUT2D eigenvalue weighted by atomic mass is 9.84. The third-order valence-corrected chi connectivity index (χ3v) is 10.5. The van der Waals surface area contributed by atoms with E-state index in [1.54, 1.807) is 0 Å². The highest BCUT2D eigenvalue weighted by Gasteiger charge is 2.24. The Morgan fingerprint density at radius 2 is 0.720 bits per heavy atom. The van der Waals surface area contributed by atoms with E-state index in [0.29, 0.717) is 0 Å². The maximum atomic E-state index is 6.91. The molecule has 0 amide bonds. The summed E-state index contributed by atoms with van der Waals surface area (Å²) in [6.07, 6.45) is 0. The summed E-state index contributed by atoms with van der Waals surface area (Å²) >= 11 is 0. The second-order valence-electron chi connectivity index (χ2n) is 13.1. The Hall–Kier alpha value is -6.64. The summed E-state index contributed by atoms with van der Waals surface area (Å²) < 4.78 is 13.5. The van der Waals surface area contributed by atoms with Crippen LogP contribution in [0.2, 0.25) is 0 Å². The summed E-state index contributed by atoms with van der Waals surface area (Å²) in [6, 6.07) is 60.7.